The van der Waals surface area contributed by atoms with E-state index in [0.29, 0.717) is 19.1 Å². The van der Waals surface area contributed by atoms with E-state index in [1.54, 1.807) is 0 Å². The van der Waals surface area contributed by atoms with E-state index in [2.05, 4.69) is 19.2 Å². The third kappa shape index (κ3) is 24.7. The molecule has 0 saturated carbocycles. The summed E-state index contributed by atoms with van der Waals surface area (Å²) in [5.74, 6) is 0.282. The SMILES string of the molecule is CCCCCCCCCCCCCCCC(C)CCC(COP(O)OCCNC)OC(C)=O. The van der Waals surface area contributed by atoms with Crippen molar-refractivity contribution in [2.75, 3.05) is 26.8 Å². The first-order chi connectivity index (χ1) is 16.0. The van der Waals surface area contributed by atoms with Gasteiger partial charge in [-0.15, -0.1) is 0 Å². The van der Waals surface area contributed by atoms with Crippen LogP contribution in [0.4, 0.5) is 0 Å². The standard InChI is InChI=1S/C26H54NO5P/c1-5-6-7-8-9-10-11-12-13-14-15-16-17-18-24(2)19-20-26(32-25(3)28)23-31-33(29)30-22-21-27-4/h24,26-27,29H,5-23H2,1-4H3. The maximum Gasteiger partial charge on any atom is 0.330 e. The molecular weight excluding hydrogens is 437 g/mol. The van der Waals surface area contributed by atoms with E-state index < -0.39 is 8.60 Å². The van der Waals surface area contributed by atoms with Crippen LogP contribution in [0, 0.1) is 5.92 Å². The first-order valence-electron chi connectivity index (χ1n) is 13.6. The quantitative estimate of drug-likeness (QED) is 0.0793. The number of carbonyl (C=O) groups excluding carboxylic acids is 1. The van der Waals surface area contributed by atoms with Crippen molar-refractivity contribution >= 4 is 14.6 Å². The zero-order chi connectivity index (χ0) is 24.6. The smallest absolute Gasteiger partial charge is 0.330 e. The molecule has 0 saturated heterocycles. The van der Waals surface area contributed by atoms with Crippen LogP contribution in [0.3, 0.4) is 0 Å². The Kier molecular flexibility index (Phi) is 24.7. The average molecular weight is 492 g/mol. The molecule has 0 amide bonds. The fourth-order valence-electron chi connectivity index (χ4n) is 3.95. The van der Waals surface area contributed by atoms with Gasteiger partial charge in [0.05, 0.1) is 13.2 Å². The van der Waals surface area contributed by atoms with Crippen molar-refractivity contribution in [1.29, 1.82) is 0 Å². The molecule has 3 unspecified atom stereocenters. The van der Waals surface area contributed by atoms with Crippen LogP contribution in [-0.2, 0) is 18.6 Å². The third-order valence-electron chi connectivity index (χ3n) is 6.04. The highest BCUT2D eigenvalue weighted by molar-refractivity contribution is 7.40. The van der Waals surface area contributed by atoms with Gasteiger partial charge in [0, 0.05) is 13.5 Å². The molecule has 0 radical (unpaired) electrons. The number of rotatable bonds is 25. The van der Waals surface area contributed by atoms with Gasteiger partial charge in [-0.3, -0.25) is 4.79 Å². The van der Waals surface area contributed by atoms with Gasteiger partial charge in [-0.25, -0.2) is 0 Å². The zero-order valence-electron chi connectivity index (χ0n) is 22.1. The molecule has 0 fully saturated rings. The monoisotopic (exact) mass is 491 g/mol. The van der Waals surface area contributed by atoms with E-state index in [1.807, 2.05) is 7.05 Å². The summed E-state index contributed by atoms with van der Waals surface area (Å²) in [6.07, 6.45) is 20.6. The lowest BCUT2D eigenvalue weighted by atomic mass is 9.96. The topological polar surface area (TPSA) is 77.0 Å². The van der Waals surface area contributed by atoms with Crippen LogP contribution in [0.2, 0.25) is 0 Å². The van der Waals surface area contributed by atoms with Crippen molar-refractivity contribution in [3.8, 4) is 0 Å². The van der Waals surface area contributed by atoms with Crippen LogP contribution in [-0.4, -0.2) is 43.8 Å². The Hall–Kier alpha value is -0.260. The summed E-state index contributed by atoms with van der Waals surface area (Å²) in [6.45, 7) is 7.16. The fourth-order valence-corrected chi connectivity index (χ4v) is 4.56. The Morgan fingerprint density at radius 2 is 1.39 bits per heavy atom. The second kappa shape index (κ2) is 24.9. The van der Waals surface area contributed by atoms with Gasteiger partial charge >= 0.3 is 14.6 Å². The van der Waals surface area contributed by atoms with Crippen LogP contribution >= 0.6 is 8.60 Å². The number of unbranched alkanes of at least 4 members (excludes halogenated alkanes) is 12. The third-order valence-corrected chi connectivity index (χ3v) is 6.81. The molecule has 0 bridgehead atoms. The molecule has 0 aromatic rings. The van der Waals surface area contributed by atoms with E-state index in [1.165, 1.54) is 96.8 Å². The molecule has 0 heterocycles. The molecule has 0 aromatic heterocycles. The van der Waals surface area contributed by atoms with Crippen molar-refractivity contribution in [3.05, 3.63) is 0 Å². The molecule has 198 valence electrons. The summed E-state index contributed by atoms with van der Waals surface area (Å²) in [5, 5.41) is 2.94. The normalized spacial score (nSPS) is 14.2. The van der Waals surface area contributed by atoms with Crippen LogP contribution in [0.15, 0.2) is 0 Å². The highest BCUT2D eigenvalue weighted by atomic mass is 31.2. The zero-order valence-corrected chi connectivity index (χ0v) is 23.0. The summed E-state index contributed by atoms with van der Waals surface area (Å²) < 4.78 is 15.9. The molecule has 0 rings (SSSR count). The van der Waals surface area contributed by atoms with Gasteiger partial charge in [-0.1, -0.05) is 104 Å². The molecule has 0 aromatic carbocycles. The summed E-state index contributed by atoms with van der Waals surface area (Å²) in [6, 6.07) is 0. The molecule has 0 spiro atoms. The average Bonchev–Trinajstić information content (AvgIpc) is 2.78. The predicted octanol–water partition coefficient (Wildman–Crippen LogP) is 7.29. The lowest BCUT2D eigenvalue weighted by molar-refractivity contribution is -0.148. The van der Waals surface area contributed by atoms with Gasteiger partial charge in [0.25, 0.3) is 0 Å². The van der Waals surface area contributed by atoms with E-state index in [4.69, 9.17) is 13.8 Å². The number of nitrogens with one attached hydrogen (secondary N) is 1. The molecular formula is C26H54NO5P. The Balaban J connectivity index is 3.71. The Labute approximate surface area is 205 Å². The molecule has 0 aliphatic rings. The Morgan fingerprint density at radius 3 is 1.91 bits per heavy atom. The number of likely N-dealkylation sites (N-methyl/N-ethyl adjacent to an activating group) is 1. The van der Waals surface area contributed by atoms with Crippen LogP contribution in [0.25, 0.3) is 0 Å². The highest BCUT2D eigenvalue weighted by Crippen LogP contribution is 2.33. The van der Waals surface area contributed by atoms with Gasteiger partial charge in [-0.05, 0) is 25.8 Å². The highest BCUT2D eigenvalue weighted by Gasteiger charge is 2.17. The molecule has 6 nitrogen and oxygen atoms in total. The van der Waals surface area contributed by atoms with E-state index in [-0.39, 0.29) is 18.7 Å². The maximum absolute atomic E-state index is 11.4. The van der Waals surface area contributed by atoms with Crippen molar-refractivity contribution in [1.82, 2.24) is 5.32 Å². The molecule has 0 aliphatic carbocycles. The first kappa shape index (κ1) is 32.7. The van der Waals surface area contributed by atoms with Crippen LogP contribution in [0.5, 0.6) is 0 Å². The van der Waals surface area contributed by atoms with Crippen LogP contribution in [0.1, 0.15) is 124 Å². The first-order valence-corrected chi connectivity index (χ1v) is 14.7. The van der Waals surface area contributed by atoms with E-state index in [9.17, 15) is 9.69 Å². The summed E-state index contributed by atoms with van der Waals surface area (Å²) in [7, 11) is -0.112. The lowest BCUT2D eigenvalue weighted by Gasteiger charge is -2.20. The van der Waals surface area contributed by atoms with Gasteiger partial charge < -0.3 is 24.0 Å². The minimum Gasteiger partial charge on any atom is -0.460 e. The number of carbonyl (C=O) groups is 1. The molecule has 2 N–H and O–H groups in total. The van der Waals surface area contributed by atoms with Gasteiger partial charge in [-0.2, -0.15) is 0 Å². The van der Waals surface area contributed by atoms with Crippen LogP contribution < -0.4 is 5.32 Å². The van der Waals surface area contributed by atoms with E-state index in [0.717, 1.165) is 12.8 Å². The molecule has 33 heavy (non-hydrogen) atoms. The van der Waals surface area contributed by atoms with Crippen molar-refractivity contribution < 1.29 is 23.5 Å². The predicted molar refractivity (Wildman–Crippen MR) is 139 cm³/mol. The number of esters is 1. The fraction of sp³-hybridized carbons (Fsp3) is 0.962. The van der Waals surface area contributed by atoms with Gasteiger partial charge in [0.1, 0.15) is 6.10 Å². The minimum atomic E-state index is -1.93. The van der Waals surface area contributed by atoms with Crippen molar-refractivity contribution in [2.24, 2.45) is 5.92 Å². The van der Waals surface area contributed by atoms with Crippen molar-refractivity contribution in [2.45, 2.75) is 130 Å². The largest absolute Gasteiger partial charge is 0.460 e. The summed E-state index contributed by atoms with van der Waals surface area (Å²) >= 11 is 0. The number of ether oxygens (including phenoxy) is 1. The van der Waals surface area contributed by atoms with Gasteiger partial charge in [0.2, 0.25) is 0 Å². The van der Waals surface area contributed by atoms with Crippen molar-refractivity contribution in [3.63, 3.8) is 0 Å². The molecule has 7 heteroatoms. The number of hydrogen-bond donors (Lipinski definition) is 2. The maximum atomic E-state index is 11.4. The number of hydrogen-bond acceptors (Lipinski definition) is 6. The molecule has 3 atom stereocenters. The Morgan fingerprint density at radius 1 is 0.848 bits per heavy atom. The minimum absolute atomic E-state index is 0.173. The second-order valence-corrected chi connectivity index (χ2v) is 10.4. The molecule has 0 aliphatic heterocycles. The summed E-state index contributed by atoms with van der Waals surface area (Å²) in [5.41, 5.74) is 0. The van der Waals surface area contributed by atoms with E-state index >= 15 is 0 Å². The summed E-state index contributed by atoms with van der Waals surface area (Å²) in [4.78, 5) is 21.2. The van der Waals surface area contributed by atoms with Gasteiger partial charge in [0.15, 0.2) is 0 Å². The second-order valence-electron chi connectivity index (χ2n) is 9.42. The lowest BCUT2D eigenvalue weighted by Crippen LogP contribution is -2.22. The Bertz CT molecular complexity index is 427.